The molecule has 0 heterocycles. The number of hydrogen-bond donors (Lipinski definition) is 1. The summed E-state index contributed by atoms with van der Waals surface area (Å²) < 4.78 is 16.8. The average molecular weight is 477 g/mol. The molecule has 3 aromatic rings. The minimum atomic E-state index is -0.459. The summed E-state index contributed by atoms with van der Waals surface area (Å²) in [6, 6.07) is 22.0. The Morgan fingerprint density at radius 1 is 1.00 bits per heavy atom. The van der Waals surface area contributed by atoms with Gasteiger partial charge in [-0.2, -0.15) is 5.26 Å². The molecule has 0 aliphatic heterocycles. The molecule has 7 heteroatoms. The highest BCUT2D eigenvalue weighted by Gasteiger charge is 2.11. The van der Waals surface area contributed by atoms with Gasteiger partial charge in [-0.3, -0.25) is 4.79 Å². The number of hydrogen-bond acceptors (Lipinski definition) is 5. The molecule has 0 unspecified atom stereocenters. The normalized spacial score (nSPS) is 10.8. The third-order valence-corrected chi connectivity index (χ3v) is 5.12. The highest BCUT2D eigenvalue weighted by Crippen LogP contribution is 2.30. The van der Waals surface area contributed by atoms with Gasteiger partial charge < -0.3 is 19.5 Å². The Labute approximate surface area is 204 Å². The van der Waals surface area contributed by atoms with E-state index in [0.29, 0.717) is 41.8 Å². The number of halogens is 1. The number of nitriles is 1. The maximum Gasteiger partial charge on any atom is 0.262 e. The van der Waals surface area contributed by atoms with Crippen molar-refractivity contribution < 1.29 is 19.0 Å². The second-order valence-corrected chi connectivity index (χ2v) is 7.69. The van der Waals surface area contributed by atoms with Crippen molar-refractivity contribution in [1.82, 2.24) is 5.32 Å². The monoisotopic (exact) mass is 476 g/mol. The number of amides is 1. The summed E-state index contributed by atoms with van der Waals surface area (Å²) in [6.45, 7) is 2.96. The molecule has 0 atom stereocenters. The SMILES string of the molecule is CCOc1cc(/C=C(/C#N)C(=O)NCc2ccc(OC)cc2)ccc1OCc1ccc(Cl)cc1. The molecule has 0 aromatic heterocycles. The fraction of sp³-hybridized carbons (Fsp3) is 0.185. The standard InChI is InChI=1S/C27H25ClN2O4/c1-3-33-26-15-21(8-13-25(26)34-18-20-4-9-23(28)10-5-20)14-22(16-29)27(31)30-17-19-6-11-24(32-2)12-7-19/h4-15H,3,17-18H2,1-2H3,(H,30,31)/b22-14-. The predicted octanol–water partition coefficient (Wildman–Crippen LogP) is 5.55. The van der Waals surface area contributed by atoms with Gasteiger partial charge >= 0.3 is 0 Å². The summed E-state index contributed by atoms with van der Waals surface area (Å²) in [4.78, 5) is 12.5. The fourth-order valence-electron chi connectivity index (χ4n) is 3.08. The van der Waals surface area contributed by atoms with Crippen molar-refractivity contribution in [2.45, 2.75) is 20.1 Å². The summed E-state index contributed by atoms with van der Waals surface area (Å²) in [5, 5.41) is 12.9. The highest BCUT2D eigenvalue weighted by atomic mass is 35.5. The number of nitrogens with one attached hydrogen (secondary N) is 1. The zero-order valence-corrected chi connectivity index (χ0v) is 19.8. The van der Waals surface area contributed by atoms with Crippen LogP contribution in [0.1, 0.15) is 23.6 Å². The van der Waals surface area contributed by atoms with Crippen LogP contribution < -0.4 is 19.5 Å². The Bertz CT molecular complexity index is 1180. The van der Waals surface area contributed by atoms with Crippen molar-refractivity contribution in [1.29, 1.82) is 5.26 Å². The molecule has 0 saturated heterocycles. The number of carbonyl (C=O) groups excluding carboxylic acids is 1. The molecule has 3 rings (SSSR count). The summed E-state index contributed by atoms with van der Waals surface area (Å²) >= 11 is 5.93. The van der Waals surface area contributed by atoms with E-state index in [0.717, 1.165) is 16.9 Å². The Morgan fingerprint density at radius 3 is 2.35 bits per heavy atom. The van der Waals surface area contributed by atoms with Gasteiger partial charge in [0.25, 0.3) is 5.91 Å². The van der Waals surface area contributed by atoms with Gasteiger partial charge in [0.2, 0.25) is 0 Å². The highest BCUT2D eigenvalue weighted by molar-refractivity contribution is 6.30. The molecule has 0 radical (unpaired) electrons. The first kappa shape index (κ1) is 24.7. The van der Waals surface area contributed by atoms with Gasteiger partial charge in [-0.15, -0.1) is 0 Å². The van der Waals surface area contributed by atoms with Gasteiger partial charge in [-0.25, -0.2) is 0 Å². The van der Waals surface area contributed by atoms with Crippen LogP contribution in [0.2, 0.25) is 5.02 Å². The van der Waals surface area contributed by atoms with Gasteiger partial charge in [0.1, 0.15) is 24.0 Å². The number of carbonyl (C=O) groups is 1. The van der Waals surface area contributed by atoms with Gasteiger partial charge in [0, 0.05) is 11.6 Å². The predicted molar refractivity (Wildman–Crippen MR) is 132 cm³/mol. The second kappa shape index (κ2) is 12.3. The first-order valence-electron chi connectivity index (χ1n) is 10.7. The van der Waals surface area contributed by atoms with E-state index in [1.807, 2.05) is 49.4 Å². The van der Waals surface area contributed by atoms with Crippen LogP contribution in [0.4, 0.5) is 0 Å². The largest absolute Gasteiger partial charge is 0.497 e. The van der Waals surface area contributed by atoms with E-state index in [2.05, 4.69) is 5.32 Å². The molecule has 6 nitrogen and oxygen atoms in total. The van der Waals surface area contributed by atoms with Crippen molar-refractivity contribution in [2.75, 3.05) is 13.7 Å². The lowest BCUT2D eigenvalue weighted by Gasteiger charge is -2.13. The minimum Gasteiger partial charge on any atom is -0.497 e. The van der Waals surface area contributed by atoms with E-state index in [1.54, 1.807) is 37.4 Å². The molecule has 1 N–H and O–H groups in total. The van der Waals surface area contributed by atoms with Crippen LogP contribution in [0, 0.1) is 11.3 Å². The van der Waals surface area contributed by atoms with Gasteiger partial charge in [-0.1, -0.05) is 41.9 Å². The molecule has 0 saturated carbocycles. The van der Waals surface area contributed by atoms with Crippen LogP contribution in [-0.4, -0.2) is 19.6 Å². The average Bonchev–Trinajstić information content (AvgIpc) is 2.86. The van der Waals surface area contributed by atoms with Crippen molar-refractivity contribution >= 4 is 23.6 Å². The molecule has 174 valence electrons. The molecular weight excluding hydrogens is 452 g/mol. The minimum absolute atomic E-state index is 0.00853. The fourth-order valence-corrected chi connectivity index (χ4v) is 3.21. The smallest absolute Gasteiger partial charge is 0.262 e. The quantitative estimate of drug-likeness (QED) is 0.306. The van der Waals surface area contributed by atoms with Crippen molar-refractivity contribution in [3.05, 3.63) is 94.0 Å². The van der Waals surface area contributed by atoms with Crippen molar-refractivity contribution in [3.8, 4) is 23.3 Å². The summed E-state index contributed by atoms with van der Waals surface area (Å²) in [7, 11) is 1.59. The Balaban J connectivity index is 1.69. The zero-order chi connectivity index (χ0) is 24.3. The van der Waals surface area contributed by atoms with Crippen LogP contribution in [0.5, 0.6) is 17.2 Å². The van der Waals surface area contributed by atoms with E-state index < -0.39 is 5.91 Å². The maximum atomic E-state index is 12.5. The van der Waals surface area contributed by atoms with Crippen LogP contribution in [0.15, 0.2) is 72.3 Å². The number of nitrogens with zero attached hydrogens (tertiary/aromatic N) is 1. The van der Waals surface area contributed by atoms with Gasteiger partial charge in [0.15, 0.2) is 11.5 Å². The first-order chi connectivity index (χ1) is 16.5. The number of ether oxygens (including phenoxy) is 3. The third kappa shape index (κ3) is 7.03. The summed E-state index contributed by atoms with van der Waals surface area (Å²) in [6.07, 6.45) is 1.52. The van der Waals surface area contributed by atoms with Crippen molar-refractivity contribution in [3.63, 3.8) is 0 Å². The number of rotatable bonds is 10. The van der Waals surface area contributed by atoms with Crippen LogP contribution in [-0.2, 0) is 17.9 Å². The topological polar surface area (TPSA) is 80.6 Å². The summed E-state index contributed by atoms with van der Waals surface area (Å²) in [5.74, 6) is 1.37. The van der Waals surface area contributed by atoms with Crippen LogP contribution >= 0.6 is 11.6 Å². The molecule has 3 aromatic carbocycles. The molecule has 1 amide bonds. The first-order valence-corrected chi connectivity index (χ1v) is 11.1. The van der Waals surface area contributed by atoms with Gasteiger partial charge in [0.05, 0.1) is 13.7 Å². The van der Waals surface area contributed by atoms with E-state index in [9.17, 15) is 10.1 Å². The van der Waals surface area contributed by atoms with E-state index in [-0.39, 0.29) is 5.57 Å². The third-order valence-electron chi connectivity index (χ3n) is 4.86. The molecule has 34 heavy (non-hydrogen) atoms. The molecule has 0 fully saturated rings. The Hall–Kier alpha value is -3.95. The van der Waals surface area contributed by atoms with E-state index in [1.165, 1.54) is 6.08 Å². The zero-order valence-electron chi connectivity index (χ0n) is 19.0. The molecule has 0 spiro atoms. The molecule has 0 bridgehead atoms. The molecular formula is C27H25ClN2O4. The lowest BCUT2D eigenvalue weighted by molar-refractivity contribution is -0.117. The lowest BCUT2D eigenvalue weighted by Crippen LogP contribution is -2.23. The molecule has 0 aliphatic carbocycles. The maximum absolute atomic E-state index is 12.5. The molecule has 0 aliphatic rings. The van der Waals surface area contributed by atoms with Crippen LogP contribution in [0.25, 0.3) is 6.08 Å². The summed E-state index contributed by atoms with van der Waals surface area (Å²) in [5.41, 5.74) is 2.51. The van der Waals surface area contributed by atoms with Crippen LogP contribution in [0.3, 0.4) is 0 Å². The lowest BCUT2D eigenvalue weighted by atomic mass is 10.1. The Kier molecular flexibility index (Phi) is 8.96. The van der Waals surface area contributed by atoms with E-state index in [4.69, 9.17) is 25.8 Å². The number of methoxy groups -OCH3 is 1. The number of benzene rings is 3. The van der Waals surface area contributed by atoms with Crippen molar-refractivity contribution in [2.24, 2.45) is 0 Å². The second-order valence-electron chi connectivity index (χ2n) is 7.25. The Morgan fingerprint density at radius 2 is 1.71 bits per heavy atom. The van der Waals surface area contributed by atoms with Gasteiger partial charge in [-0.05, 0) is 66.1 Å². The van der Waals surface area contributed by atoms with E-state index >= 15 is 0 Å².